The molecule has 0 spiro atoms. The van der Waals surface area contributed by atoms with Crippen LogP contribution < -0.4 is 10.6 Å². The van der Waals surface area contributed by atoms with E-state index in [-0.39, 0.29) is 16.7 Å². The number of nitrogens with zero attached hydrogens (tertiary/aromatic N) is 3. The van der Waals surface area contributed by atoms with Crippen LogP contribution in [0.25, 0.3) is 22.4 Å². The lowest BCUT2D eigenvalue weighted by Gasteiger charge is -2.17. The van der Waals surface area contributed by atoms with Crippen molar-refractivity contribution >= 4 is 22.8 Å². The minimum Gasteiger partial charge on any atom is -0.356 e. The van der Waals surface area contributed by atoms with Crippen LogP contribution in [-0.4, -0.2) is 44.6 Å². The van der Waals surface area contributed by atoms with Gasteiger partial charge in [-0.2, -0.15) is 0 Å². The highest BCUT2D eigenvalue weighted by Gasteiger charge is 2.50. The van der Waals surface area contributed by atoms with Crippen molar-refractivity contribution in [1.29, 1.82) is 0 Å². The summed E-state index contributed by atoms with van der Waals surface area (Å²) in [7, 11) is 0. The lowest BCUT2D eigenvalue weighted by atomic mass is 10.2. The molecule has 3 aromatic heterocycles. The predicted molar refractivity (Wildman–Crippen MR) is 98.0 cm³/mol. The van der Waals surface area contributed by atoms with E-state index in [0.717, 1.165) is 6.20 Å². The molecule has 0 bridgehead atoms. The average Bonchev–Trinajstić information content (AvgIpc) is 3.30. The van der Waals surface area contributed by atoms with E-state index in [4.69, 9.17) is 0 Å². The first-order valence-electron chi connectivity index (χ1n) is 8.20. The fourth-order valence-electron chi connectivity index (χ4n) is 2.83. The Morgan fingerprint density at radius 3 is 3.00 bits per heavy atom. The van der Waals surface area contributed by atoms with Crippen molar-refractivity contribution in [3.63, 3.8) is 0 Å². The number of carbonyl (C=O) groups excluding carboxylic acids is 1. The Morgan fingerprint density at radius 1 is 1.38 bits per heavy atom. The van der Waals surface area contributed by atoms with Crippen LogP contribution in [0.4, 0.5) is 14.6 Å². The van der Waals surface area contributed by atoms with Crippen LogP contribution in [0.15, 0.2) is 30.7 Å². The van der Waals surface area contributed by atoms with Gasteiger partial charge in [0.2, 0.25) is 5.91 Å². The summed E-state index contributed by atoms with van der Waals surface area (Å²) in [5.41, 5.74) is 0.393. The molecule has 140 valence electrons. The second-order valence-corrected chi connectivity index (χ2v) is 6.17. The topological polar surface area (TPSA) is 95.6 Å². The van der Waals surface area contributed by atoms with Gasteiger partial charge in [0.1, 0.15) is 29.5 Å². The van der Waals surface area contributed by atoms with Gasteiger partial charge in [-0.3, -0.25) is 4.79 Å². The lowest BCUT2D eigenvalue weighted by molar-refractivity contribution is -0.122. The number of hydrogen-bond donors (Lipinski definition) is 3. The molecule has 1 amide bonds. The van der Waals surface area contributed by atoms with Crippen LogP contribution in [0.5, 0.6) is 0 Å². The summed E-state index contributed by atoms with van der Waals surface area (Å²) in [4.78, 5) is 27.8. The van der Waals surface area contributed by atoms with E-state index in [2.05, 4.69) is 30.6 Å². The number of halogens is 2. The van der Waals surface area contributed by atoms with Crippen LogP contribution in [0.1, 0.15) is 17.1 Å². The van der Waals surface area contributed by atoms with Crippen molar-refractivity contribution < 1.29 is 17.9 Å². The normalized spacial score (nSPS) is 15.0. The number of nitrogens with one attached hydrogen (secondary N) is 3. The van der Waals surface area contributed by atoms with Crippen molar-refractivity contribution in [3.8, 4) is 11.4 Å². The summed E-state index contributed by atoms with van der Waals surface area (Å²) in [5.74, 6) is 0.165. The summed E-state index contributed by atoms with van der Waals surface area (Å²) < 4.78 is 25.8. The average molecular weight is 364 g/mol. The Bertz CT molecular complexity index is 983. The molecule has 9 heteroatoms. The highest BCUT2D eigenvalue weighted by atomic mass is 19.1. The zero-order valence-electron chi connectivity index (χ0n) is 13.7. The highest BCUT2D eigenvalue weighted by molar-refractivity contribution is 5.93. The molecule has 3 heterocycles. The zero-order valence-corrected chi connectivity index (χ0v) is 13.7. The number of amides is 1. The maximum absolute atomic E-state index is 13.5. The van der Waals surface area contributed by atoms with Crippen LogP contribution in [0, 0.1) is 5.82 Å². The molecule has 4 rings (SSSR count). The van der Waals surface area contributed by atoms with E-state index in [0.29, 0.717) is 41.1 Å². The quantitative estimate of drug-likeness (QED) is 0.625. The van der Waals surface area contributed by atoms with Gasteiger partial charge < -0.3 is 15.6 Å². The third-order valence-electron chi connectivity index (χ3n) is 4.33. The summed E-state index contributed by atoms with van der Waals surface area (Å²) in [6.07, 6.45) is 5.65. The predicted octanol–water partition coefficient (Wildman–Crippen LogP) is 2.93. The number of carbonyl (C=O) groups is 1. The van der Waals surface area contributed by atoms with Crippen LogP contribution in [-0.2, 0) is 4.79 Å². The van der Waals surface area contributed by atoms with Gasteiger partial charge >= 0.3 is 0 Å². The number of H-pyrrole nitrogens is 1. The van der Waals surface area contributed by atoms with Gasteiger partial charge in [-0.1, -0.05) is 0 Å². The standard InChI is InChI=1S/C17H16F2N6O.3H2/c18-4-6-21-16(26)17(2-3-17)25-13-1-5-20-15(24-13)12-9-23-14-11(12)7-10(19)8-22-14;;;/h1,5,7-9H,2-4,6H2,(H,21,26)(H,22,23)(H,20,24,25);3*1H. The Morgan fingerprint density at radius 2 is 2.23 bits per heavy atom. The number of alkyl halides is 1. The number of aromatic amines is 1. The van der Waals surface area contributed by atoms with Crippen LogP contribution >= 0.6 is 0 Å². The first-order chi connectivity index (χ1) is 12.6. The number of rotatable bonds is 6. The van der Waals surface area contributed by atoms with Gasteiger partial charge in [0.25, 0.3) is 0 Å². The van der Waals surface area contributed by atoms with Gasteiger partial charge in [-0.15, -0.1) is 0 Å². The van der Waals surface area contributed by atoms with Crippen LogP contribution in [0.3, 0.4) is 0 Å². The summed E-state index contributed by atoms with van der Waals surface area (Å²) in [6, 6.07) is 3.02. The Labute approximate surface area is 151 Å². The summed E-state index contributed by atoms with van der Waals surface area (Å²) >= 11 is 0. The summed E-state index contributed by atoms with van der Waals surface area (Å²) in [6.45, 7) is -0.615. The molecule has 1 saturated carbocycles. The Kier molecular flexibility index (Phi) is 3.98. The van der Waals surface area contributed by atoms with Crippen molar-refractivity contribution in [3.05, 3.63) is 36.5 Å². The molecule has 26 heavy (non-hydrogen) atoms. The van der Waals surface area contributed by atoms with E-state index in [1.54, 1.807) is 18.5 Å². The maximum Gasteiger partial charge on any atom is 0.245 e. The number of fused-ring (bicyclic) bond motifs is 1. The molecule has 1 fully saturated rings. The van der Waals surface area contributed by atoms with E-state index in [9.17, 15) is 13.6 Å². The lowest BCUT2D eigenvalue weighted by Crippen LogP contribution is -2.42. The van der Waals surface area contributed by atoms with Crippen molar-refractivity contribution in [1.82, 2.24) is 25.3 Å². The zero-order chi connectivity index (χ0) is 18.1. The number of anilines is 1. The number of hydrogen-bond acceptors (Lipinski definition) is 5. The van der Waals surface area contributed by atoms with E-state index >= 15 is 0 Å². The molecule has 7 nitrogen and oxygen atoms in total. The second kappa shape index (κ2) is 6.32. The molecule has 1 aliphatic carbocycles. The van der Waals surface area contributed by atoms with Gasteiger partial charge in [0.05, 0.1) is 6.20 Å². The highest BCUT2D eigenvalue weighted by Crippen LogP contribution is 2.39. The molecule has 3 N–H and O–H groups in total. The molecule has 3 aromatic rings. The Hall–Kier alpha value is -3.10. The smallest absolute Gasteiger partial charge is 0.245 e. The monoisotopic (exact) mass is 364 g/mol. The van der Waals surface area contributed by atoms with Crippen molar-refractivity contribution in [2.45, 2.75) is 18.4 Å². The fourth-order valence-corrected chi connectivity index (χ4v) is 2.83. The molecule has 0 saturated heterocycles. The molecular formula is C17H22F2N6O. The molecule has 1 aliphatic rings. The van der Waals surface area contributed by atoms with Gasteiger partial charge in [-0.25, -0.2) is 23.7 Å². The first kappa shape index (κ1) is 16.4. The molecular weight excluding hydrogens is 342 g/mol. The number of pyridine rings is 1. The summed E-state index contributed by atoms with van der Waals surface area (Å²) in [5, 5.41) is 6.24. The maximum atomic E-state index is 13.5. The van der Waals surface area contributed by atoms with E-state index in [1.165, 1.54) is 6.07 Å². The van der Waals surface area contributed by atoms with Crippen molar-refractivity contribution in [2.75, 3.05) is 18.5 Å². The van der Waals surface area contributed by atoms with Crippen molar-refractivity contribution in [2.24, 2.45) is 0 Å². The molecule has 0 atom stereocenters. The first-order valence-corrected chi connectivity index (χ1v) is 8.20. The SMILES string of the molecule is O=C(NCCF)C1(Nc2ccnc(-c3c[nH]c4ncc(F)cc34)n2)CC1.[HH].[HH].[HH]. The molecule has 0 unspecified atom stereocenters. The molecule has 0 aliphatic heterocycles. The third kappa shape index (κ3) is 2.96. The van der Waals surface area contributed by atoms with E-state index < -0.39 is 18.0 Å². The largest absolute Gasteiger partial charge is 0.356 e. The van der Waals surface area contributed by atoms with E-state index in [1.807, 2.05) is 0 Å². The minimum atomic E-state index is -0.755. The van der Waals surface area contributed by atoms with Crippen LogP contribution in [0.2, 0.25) is 0 Å². The van der Waals surface area contributed by atoms with Gasteiger partial charge in [0.15, 0.2) is 5.82 Å². The Balaban J connectivity index is 0.00000140. The fraction of sp³-hybridized carbons (Fsp3) is 0.294. The number of aromatic nitrogens is 4. The second-order valence-electron chi connectivity index (χ2n) is 6.17. The van der Waals surface area contributed by atoms with Gasteiger partial charge in [0, 0.05) is 34.2 Å². The molecule has 0 aromatic carbocycles. The molecule has 0 radical (unpaired) electrons. The third-order valence-corrected chi connectivity index (χ3v) is 4.33. The minimum absolute atomic E-state index is 0. The van der Waals surface area contributed by atoms with Gasteiger partial charge in [-0.05, 0) is 25.0 Å².